The number of methoxy groups -OCH3 is 1. The molecule has 0 bridgehead atoms. The summed E-state index contributed by atoms with van der Waals surface area (Å²) in [7, 11) is -1.45. The highest BCUT2D eigenvalue weighted by Crippen LogP contribution is 2.36. The minimum atomic E-state index is -2.99. The lowest BCUT2D eigenvalue weighted by Crippen LogP contribution is -2.42. The summed E-state index contributed by atoms with van der Waals surface area (Å²) in [4.78, 5) is 13.7. The van der Waals surface area contributed by atoms with Crippen molar-refractivity contribution in [1.82, 2.24) is 0 Å². The summed E-state index contributed by atoms with van der Waals surface area (Å²) in [5, 5.41) is 12.7. The molecule has 3 rings (SSSR count). The molecule has 9 heteroatoms. The molecule has 7 nitrogen and oxygen atoms in total. The van der Waals surface area contributed by atoms with Crippen LogP contribution in [0.1, 0.15) is 44.1 Å². The molecule has 2 aromatic rings. The Bertz CT molecular complexity index is 1060. The van der Waals surface area contributed by atoms with Crippen LogP contribution in [-0.2, 0) is 19.4 Å². The molecule has 1 unspecified atom stereocenters. The van der Waals surface area contributed by atoms with Crippen LogP contribution in [0, 0.1) is 5.82 Å². The van der Waals surface area contributed by atoms with Gasteiger partial charge in [-0.3, -0.25) is 4.79 Å². The molecule has 2 aromatic carbocycles. The summed E-state index contributed by atoms with van der Waals surface area (Å²) in [6, 6.07) is 11.9. The molecule has 1 atom stereocenters. The minimum absolute atomic E-state index is 0.0671. The molecule has 1 fully saturated rings. The third-order valence-corrected chi connectivity index (χ3v) is 7.86. The molecule has 0 saturated carbocycles. The number of halogens is 1. The van der Waals surface area contributed by atoms with Crippen molar-refractivity contribution in [2.75, 3.05) is 42.0 Å². The number of benzene rings is 2. The number of nitrogens with zero attached hydrogens (tertiary/aromatic N) is 1. The Morgan fingerprint density at radius 3 is 2.47 bits per heavy atom. The fraction of sp³-hybridized carbons (Fsp3) is 0.480. The quantitative estimate of drug-likeness (QED) is 0.474. The summed E-state index contributed by atoms with van der Waals surface area (Å²) in [5.41, 5.74) is 3.19. The van der Waals surface area contributed by atoms with Gasteiger partial charge in [-0.15, -0.1) is 0 Å². The maximum Gasteiger partial charge on any atom is 0.304 e. The Balaban J connectivity index is 2.02. The molecule has 34 heavy (non-hydrogen) atoms. The van der Waals surface area contributed by atoms with Gasteiger partial charge in [0.25, 0.3) is 0 Å². The molecule has 0 aliphatic carbocycles. The fourth-order valence-corrected chi connectivity index (χ4v) is 5.93. The predicted octanol–water partition coefficient (Wildman–Crippen LogP) is 4.57. The molecular weight excluding hydrogens is 459 g/mol. The summed E-state index contributed by atoms with van der Waals surface area (Å²) in [6.45, 7) is 3.09. The van der Waals surface area contributed by atoms with Crippen LogP contribution in [0.25, 0.3) is 0 Å². The zero-order valence-corrected chi connectivity index (χ0v) is 20.5. The van der Waals surface area contributed by atoms with Crippen LogP contribution in [0.2, 0.25) is 0 Å². The Morgan fingerprint density at radius 2 is 1.88 bits per heavy atom. The van der Waals surface area contributed by atoms with Crippen LogP contribution >= 0.6 is 0 Å². The minimum Gasteiger partial charge on any atom is -0.481 e. The van der Waals surface area contributed by atoms with Crippen LogP contribution in [0.15, 0.2) is 42.5 Å². The van der Waals surface area contributed by atoms with E-state index in [-0.39, 0.29) is 42.3 Å². The smallest absolute Gasteiger partial charge is 0.304 e. The zero-order chi connectivity index (χ0) is 24.7. The monoisotopic (exact) mass is 492 g/mol. The summed E-state index contributed by atoms with van der Waals surface area (Å²) in [5.74, 6) is -1.23. The van der Waals surface area contributed by atoms with Crippen LogP contribution in [0.4, 0.5) is 21.5 Å². The number of nitrogens with one attached hydrogen (secondary N) is 1. The molecule has 2 N–H and O–H groups in total. The van der Waals surface area contributed by atoms with Gasteiger partial charge in [0.2, 0.25) is 0 Å². The molecule has 1 aliphatic rings. The predicted molar refractivity (Wildman–Crippen MR) is 132 cm³/mol. The molecule has 186 valence electrons. The number of rotatable bonds is 11. The van der Waals surface area contributed by atoms with Crippen LogP contribution in [0.3, 0.4) is 0 Å². The van der Waals surface area contributed by atoms with E-state index in [0.717, 1.165) is 29.9 Å². The summed E-state index contributed by atoms with van der Waals surface area (Å²) < 4.78 is 42.7. The lowest BCUT2D eigenvalue weighted by atomic mass is 9.95. The maximum absolute atomic E-state index is 13.5. The van der Waals surface area contributed by atoms with E-state index in [1.807, 2.05) is 18.2 Å². The average Bonchev–Trinajstić information content (AvgIpc) is 2.79. The second-order valence-electron chi connectivity index (χ2n) is 8.73. The molecular formula is C25H33FN2O5S. The van der Waals surface area contributed by atoms with Gasteiger partial charge >= 0.3 is 5.97 Å². The summed E-state index contributed by atoms with van der Waals surface area (Å²) in [6.07, 6.45) is 1.94. The highest BCUT2D eigenvalue weighted by Gasteiger charge is 2.29. The van der Waals surface area contributed by atoms with Gasteiger partial charge in [-0.2, -0.15) is 0 Å². The Morgan fingerprint density at radius 1 is 1.21 bits per heavy atom. The Labute approximate surface area is 200 Å². The third kappa shape index (κ3) is 6.93. The van der Waals surface area contributed by atoms with Crippen molar-refractivity contribution in [2.24, 2.45) is 0 Å². The van der Waals surface area contributed by atoms with Crippen molar-refractivity contribution >= 4 is 32.9 Å². The number of sulfone groups is 1. The standard InChI is InChI=1S/C25H33FN2O5S/c1-3-12-28(22-10-13-34(31,32)14-11-22)24-9-4-18(19(17-33-2)16-25(29)30)15-23(24)27-21-7-5-20(26)6-8-21/h4-9,15,19,22,27H,3,10-14,16-17H2,1-2H3,(H,29,30). The van der Waals surface area contributed by atoms with Gasteiger partial charge in [0.05, 0.1) is 35.9 Å². The van der Waals surface area contributed by atoms with E-state index in [9.17, 15) is 22.7 Å². The normalized spacial score (nSPS) is 16.7. The van der Waals surface area contributed by atoms with Crippen LogP contribution in [0.5, 0.6) is 0 Å². The number of carboxylic acids is 1. The van der Waals surface area contributed by atoms with Crippen molar-refractivity contribution < 1.29 is 27.4 Å². The summed E-state index contributed by atoms with van der Waals surface area (Å²) >= 11 is 0. The van der Waals surface area contributed by atoms with Gasteiger partial charge in [-0.05, 0) is 61.2 Å². The van der Waals surface area contributed by atoms with Crippen molar-refractivity contribution in [3.8, 4) is 0 Å². The molecule has 1 aliphatic heterocycles. The fourth-order valence-electron chi connectivity index (χ4n) is 4.46. The first-order valence-corrected chi connectivity index (χ1v) is 13.4. The molecule has 0 spiro atoms. The molecule has 0 aromatic heterocycles. The van der Waals surface area contributed by atoms with Gasteiger partial charge < -0.3 is 20.1 Å². The zero-order valence-electron chi connectivity index (χ0n) is 19.7. The van der Waals surface area contributed by atoms with E-state index >= 15 is 0 Å². The van der Waals surface area contributed by atoms with Crippen LogP contribution < -0.4 is 10.2 Å². The van der Waals surface area contributed by atoms with Crippen molar-refractivity contribution in [3.63, 3.8) is 0 Å². The molecule has 1 heterocycles. The third-order valence-electron chi connectivity index (χ3n) is 6.14. The first-order chi connectivity index (χ1) is 16.2. The lowest BCUT2D eigenvalue weighted by Gasteiger charge is -2.37. The number of aliphatic carboxylic acids is 1. The molecule has 0 amide bonds. The number of carbonyl (C=O) groups is 1. The van der Waals surface area contributed by atoms with Gasteiger partial charge in [0.15, 0.2) is 0 Å². The van der Waals surface area contributed by atoms with Gasteiger partial charge in [0.1, 0.15) is 15.7 Å². The van der Waals surface area contributed by atoms with E-state index in [4.69, 9.17) is 4.74 Å². The first kappa shape index (κ1) is 26.0. The number of hydrogen-bond donors (Lipinski definition) is 2. The van der Waals surface area contributed by atoms with E-state index in [0.29, 0.717) is 18.5 Å². The Hall–Kier alpha value is -2.65. The largest absolute Gasteiger partial charge is 0.481 e. The van der Waals surface area contributed by atoms with E-state index in [1.165, 1.54) is 12.1 Å². The number of hydrogen-bond acceptors (Lipinski definition) is 6. The number of carboxylic acid groups (broad SMARTS) is 1. The topological polar surface area (TPSA) is 95.9 Å². The highest BCUT2D eigenvalue weighted by atomic mass is 32.2. The van der Waals surface area contributed by atoms with Crippen LogP contribution in [-0.4, -0.2) is 57.3 Å². The lowest BCUT2D eigenvalue weighted by molar-refractivity contribution is -0.137. The van der Waals surface area contributed by atoms with E-state index in [2.05, 4.69) is 17.1 Å². The molecule has 0 radical (unpaired) electrons. The van der Waals surface area contributed by atoms with E-state index in [1.54, 1.807) is 19.2 Å². The van der Waals surface area contributed by atoms with Crippen molar-refractivity contribution in [1.29, 1.82) is 0 Å². The number of ether oxygens (including phenoxy) is 1. The molecule has 1 saturated heterocycles. The highest BCUT2D eigenvalue weighted by molar-refractivity contribution is 7.91. The number of anilines is 3. The second kappa shape index (κ2) is 11.7. The maximum atomic E-state index is 13.5. The SMILES string of the molecule is CCCN(c1ccc(C(COC)CC(=O)O)cc1Nc1ccc(F)cc1)C1CCS(=O)(=O)CC1. The van der Waals surface area contributed by atoms with Crippen molar-refractivity contribution in [3.05, 3.63) is 53.8 Å². The van der Waals surface area contributed by atoms with Gasteiger partial charge in [-0.25, -0.2) is 12.8 Å². The first-order valence-electron chi connectivity index (χ1n) is 11.6. The average molecular weight is 493 g/mol. The van der Waals surface area contributed by atoms with E-state index < -0.39 is 15.8 Å². The van der Waals surface area contributed by atoms with Gasteiger partial charge in [0, 0.05) is 31.3 Å². The van der Waals surface area contributed by atoms with Gasteiger partial charge in [-0.1, -0.05) is 13.0 Å². The second-order valence-corrected chi connectivity index (χ2v) is 11.0. The van der Waals surface area contributed by atoms with Crippen molar-refractivity contribution in [2.45, 2.75) is 44.6 Å². The Kier molecular flexibility index (Phi) is 8.90.